The Morgan fingerprint density at radius 2 is 1.90 bits per heavy atom. The molecule has 0 aromatic heterocycles. The second-order valence-electron chi connectivity index (χ2n) is 5.93. The third-order valence-corrected chi connectivity index (χ3v) is 4.60. The lowest BCUT2D eigenvalue weighted by atomic mass is 9.84. The fourth-order valence-electron chi connectivity index (χ4n) is 3.43. The standard InChI is InChI=1S/C15H16N2O4/c1-10-4-5-11(8-12(10)17(20)21)16-13(18)9-15(14(16)19)6-2-3-7-15/h4-5,8H,2-3,6-7,9H2,1H3. The molecule has 110 valence electrons. The first-order valence-electron chi connectivity index (χ1n) is 7.07. The number of aryl methyl sites for hydroxylation is 1. The van der Waals surface area contributed by atoms with Gasteiger partial charge in [0.25, 0.3) is 5.69 Å². The van der Waals surface area contributed by atoms with Crippen molar-refractivity contribution in [3.8, 4) is 0 Å². The van der Waals surface area contributed by atoms with E-state index >= 15 is 0 Å². The average Bonchev–Trinajstić information content (AvgIpc) is 2.98. The molecule has 2 amide bonds. The summed E-state index contributed by atoms with van der Waals surface area (Å²) in [5, 5.41) is 11.0. The van der Waals surface area contributed by atoms with Gasteiger partial charge < -0.3 is 0 Å². The molecule has 1 aromatic rings. The van der Waals surface area contributed by atoms with Crippen molar-refractivity contribution in [1.29, 1.82) is 0 Å². The monoisotopic (exact) mass is 288 g/mol. The third kappa shape index (κ3) is 2.02. The zero-order valence-electron chi connectivity index (χ0n) is 11.8. The van der Waals surface area contributed by atoms with Gasteiger partial charge in [-0.2, -0.15) is 0 Å². The van der Waals surface area contributed by atoms with Crippen LogP contribution < -0.4 is 4.90 Å². The van der Waals surface area contributed by atoms with E-state index in [1.165, 1.54) is 6.07 Å². The molecule has 1 saturated carbocycles. The van der Waals surface area contributed by atoms with Gasteiger partial charge in [0.1, 0.15) is 0 Å². The molecular weight excluding hydrogens is 272 g/mol. The number of imide groups is 1. The van der Waals surface area contributed by atoms with Gasteiger partial charge in [0.2, 0.25) is 11.8 Å². The molecule has 2 fully saturated rings. The summed E-state index contributed by atoms with van der Waals surface area (Å²) in [6.45, 7) is 1.63. The number of carbonyl (C=O) groups is 2. The molecule has 1 saturated heterocycles. The summed E-state index contributed by atoms with van der Waals surface area (Å²) in [5.74, 6) is -0.441. The maximum Gasteiger partial charge on any atom is 0.274 e. The normalized spacial score (nSPS) is 20.5. The predicted octanol–water partition coefficient (Wildman–Crippen LogP) is 2.73. The van der Waals surface area contributed by atoms with E-state index < -0.39 is 10.3 Å². The molecular formula is C15H16N2O4. The molecule has 0 N–H and O–H groups in total. The van der Waals surface area contributed by atoms with E-state index in [0.29, 0.717) is 11.3 Å². The zero-order chi connectivity index (χ0) is 15.2. The van der Waals surface area contributed by atoms with Crippen LogP contribution in [0.3, 0.4) is 0 Å². The third-order valence-electron chi connectivity index (χ3n) is 4.60. The average molecular weight is 288 g/mol. The Bertz CT molecular complexity index is 647. The lowest BCUT2D eigenvalue weighted by Gasteiger charge is -2.20. The van der Waals surface area contributed by atoms with Gasteiger partial charge in [0, 0.05) is 18.1 Å². The smallest absolute Gasteiger partial charge is 0.274 e. The van der Waals surface area contributed by atoms with Crippen molar-refractivity contribution in [3.05, 3.63) is 33.9 Å². The SMILES string of the molecule is Cc1ccc(N2C(=O)CC3(CCCC3)C2=O)cc1[N+](=O)[O-]. The van der Waals surface area contributed by atoms with Gasteiger partial charge in [-0.25, -0.2) is 4.90 Å². The number of anilines is 1. The quantitative estimate of drug-likeness (QED) is 0.476. The molecule has 0 unspecified atom stereocenters. The Morgan fingerprint density at radius 1 is 1.24 bits per heavy atom. The largest absolute Gasteiger partial charge is 0.274 e. The van der Waals surface area contributed by atoms with Crippen LogP contribution >= 0.6 is 0 Å². The number of carbonyl (C=O) groups excluding carboxylic acids is 2. The Labute approximate surface area is 121 Å². The Kier molecular flexibility index (Phi) is 3.04. The Hall–Kier alpha value is -2.24. The van der Waals surface area contributed by atoms with E-state index in [1.807, 2.05) is 0 Å². The van der Waals surface area contributed by atoms with Gasteiger partial charge in [-0.1, -0.05) is 18.9 Å². The maximum absolute atomic E-state index is 12.6. The fraction of sp³-hybridized carbons (Fsp3) is 0.467. The van der Waals surface area contributed by atoms with Crippen LogP contribution in [0.25, 0.3) is 0 Å². The van der Waals surface area contributed by atoms with Gasteiger partial charge in [0.05, 0.1) is 16.0 Å². The molecule has 0 atom stereocenters. The van der Waals surface area contributed by atoms with Gasteiger partial charge in [-0.3, -0.25) is 19.7 Å². The van der Waals surface area contributed by atoms with Crippen molar-refractivity contribution in [2.45, 2.75) is 39.0 Å². The molecule has 1 spiro atoms. The summed E-state index contributed by atoms with van der Waals surface area (Å²) in [6, 6.07) is 4.50. The molecule has 2 aliphatic rings. The fourth-order valence-corrected chi connectivity index (χ4v) is 3.43. The summed E-state index contributed by atoms with van der Waals surface area (Å²) in [7, 11) is 0. The molecule has 0 bridgehead atoms. The van der Waals surface area contributed by atoms with Crippen LogP contribution in [0.2, 0.25) is 0 Å². The van der Waals surface area contributed by atoms with Crippen molar-refractivity contribution in [2.75, 3.05) is 4.90 Å². The molecule has 3 rings (SSSR count). The lowest BCUT2D eigenvalue weighted by Crippen LogP contribution is -2.34. The van der Waals surface area contributed by atoms with Crippen LogP contribution in [0, 0.1) is 22.5 Å². The van der Waals surface area contributed by atoms with Crippen molar-refractivity contribution in [1.82, 2.24) is 0 Å². The van der Waals surface area contributed by atoms with Crippen LogP contribution in [0.15, 0.2) is 18.2 Å². The first-order valence-corrected chi connectivity index (χ1v) is 7.07. The highest BCUT2D eigenvalue weighted by Gasteiger charge is 2.53. The number of hydrogen-bond donors (Lipinski definition) is 0. The van der Waals surface area contributed by atoms with E-state index in [1.54, 1.807) is 19.1 Å². The molecule has 0 radical (unpaired) electrons. The number of rotatable bonds is 2. The number of nitrogens with zero attached hydrogens (tertiary/aromatic N) is 2. The number of hydrogen-bond acceptors (Lipinski definition) is 4. The molecule has 6 heteroatoms. The van der Waals surface area contributed by atoms with E-state index in [2.05, 4.69) is 0 Å². The second kappa shape index (κ2) is 4.65. The maximum atomic E-state index is 12.6. The molecule has 6 nitrogen and oxygen atoms in total. The van der Waals surface area contributed by atoms with Crippen LogP contribution in [0.1, 0.15) is 37.7 Å². The minimum absolute atomic E-state index is 0.0690. The summed E-state index contributed by atoms with van der Waals surface area (Å²) >= 11 is 0. The second-order valence-corrected chi connectivity index (χ2v) is 5.93. The van der Waals surface area contributed by atoms with Gasteiger partial charge in [0.15, 0.2) is 0 Å². The van der Waals surface area contributed by atoms with Crippen LogP contribution in [0.4, 0.5) is 11.4 Å². The molecule has 1 aromatic carbocycles. The first kappa shape index (κ1) is 13.7. The van der Waals surface area contributed by atoms with Crippen molar-refractivity contribution in [2.24, 2.45) is 5.41 Å². The number of amides is 2. The lowest BCUT2D eigenvalue weighted by molar-refractivity contribution is -0.385. The van der Waals surface area contributed by atoms with Gasteiger partial charge >= 0.3 is 0 Å². The van der Waals surface area contributed by atoms with E-state index in [0.717, 1.165) is 30.6 Å². The number of nitro groups is 1. The summed E-state index contributed by atoms with van der Waals surface area (Å²) in [5.41, 5.74) is 0.196. The number of benzene rings is 1. The number of nitro benzene ring substituents is 1. The minimum Gasteiger partial charge on any atom is -0.274 e. The highest BCUT2D eigenvalue weighted by Crippen LogP contribution is 2.48. The molecule has 21 heavy (non-hydrogen) atoms. The Morgan fingerprint density at radius 3 is 2.52 bits per heavy atom. The highest BCUT2D eigenvalue weighted by molar-refractivity contribution is 6.22. The first-order chi connectivity index (χ1) is 9.94. The predicted molar refractivity (Wildman–Crippen MR) is 75.8 cm³/mol. The Balaban J connectivity index is 2.01. The van der Waals surface area contributed by atoms with E-state index in [9.17, 15) is 19.7 Å². The van der Waals surface area contributed by atoms with Crippen LogP contribution in [-0.4, -0.2) is 16.7 Å². The molecule has 1 aliphatic heterocycles. The van der Waals surface area contributed by atoms with E-state index in [4.69, 9.17) is 0 Å². The van der Waals surface area contributed by atoms with Crippen molar-refractivity contribution in [3.63, 3.8) is 0 Å². The van der Waals surface area contributed by atoms with Gasteiger partial charge in [-0.05, 0) is 25.8 Å². The van der Waals surface area contributed by atoms with Gasteiger partial charge in [-0.15, -0.1) is 0 Å². The van der Waals surface area contributed by atoms with Crippen LogP contribution in [0.5, 0.6) is 0 Å². The zero-order valence-corrected chi connectivity index (χ0v) is 11.8. The highest BCUT2D eigenvalue weighted by atomic mass is 16.6. The van der Waals surface area contributed by atoms with Crippen molar-refractivity contribution < 1.29 is 14.5 Å². The summed E-state index contributed by atoms with van der Waals surface area (Å²) in [4.78, 5) is 36.6. The topological polar surface area (TPSA) is 80.5 Å². The summed E-state index contributed by atoms with van der Waals surface area (Å²) in [6.07, 6.45) is 3.62. The molecule has 1 heterocycles. The molecule has 1 aliphatic carbocycles. The van der Waals surface area contributed by atoms with E-state index in [-0.39, 0.29) is 23.9 Å². The minimum atomic E-state index is -0.559. The van der Waals surface area contributed by atoms with Crippen molar-refractivity contribution >= 4 is 23.2 Å². The van der Waals surface area contributed by atoms with Crippen LogP contribution in [-0.2, 0) is 9.59 Å². The summed E-state index contributed by atoms with van der Waals surface area (Å²) < 4.78 is 0.